The molecule has 3 heteroatoms. The number of aromatic nitrogens is 2. The fourth-order valence-electron chi connectivity index (χ4n) is 4.09. The third-order valence-corrected chi connectivity index (χ3v) is 5.23. The normalized spacial score (nSPS) is 12.0. The molecule has 0 atom stereocenters. The van der Waals surface area contributed by atoms with Crippen molar-refractivity contribution in [1.29, 1.82) is 0 Å². The zero-order chi connectivity index (χ0) is 17.3. The molecule has 0 fully saturated rings. The molecule has 0 radical (unpaired) electrons. The van der Waals surface area contributed by atoms with Gasteiger partial charge in [-0.2, -0.15) is 5.10 Å². The van der Waals surface area contributed by atoms with Gasteiger partial charge in [-0.05, 0) is 51.9 Å². The summed E-state index contributed by atoms with van der Waals surface area (Å²) in [7, 11) is 0. The van der Waals surface area contributed by atoms with Crippen LogP contribution < -0.4 is 0 Å². The molecule has 6 aromatic rings. The number of hydrogen-bond donors (Lipinski definition) is 0. The minimum Gasteiger partial charge on any atom is -0.239 e. The van der Waals surface area contributed by atoms with Crippen LogP contribution in [0.2, 0.25) is 0 Å². The van der Waals surface area contributed by atoms with Crippen LogP contribution in [0, 0.1) is 5.82 Å². The first-order chi connectivity index (χ1) is 12.8. The summed E-state index contributed by atoms with van der Waals surface area (Å²) < 4.78 is 15.6. The zero-order valence-electron chi connectivity index (χ0n) is 13.8. The van der Waals surface area contributed by atoms with Crippen molar-refractivity contribution in [3.8, 4) is 0 Å². The summed E-state index contributed by atoms with van der Waals surface area (Å²) in [6.07, 6.45) is 1.91. The molecule has 2 aromatic heterocycles. The summed E-state index contributed by atoms with van der Waals surface area (Å²) in [4.78, 5) is 0. The Labute approximate surface area is 148 Å². The van der Waals surface area contributed by atoms with Crippen LogP contribution in [0.1, 0.15) is 0 Å². The maximum absolute atomic E-state index is 13.7. The molecule has 0 saturated heterocycles. The second-order valence-corrected chi connectivity index (χ2v) is 6.68. The van der Waals surface area contributed by atoms with Gasteiger partial charge in [0, 0.05) is 22.4 Å². The Morgan fingerprint density at radius 2 is 1.54 bits per heavy atom. The minimum atomic E-state index is -0.221. The fraction of sp³-hybridized carbons (Fsp3) is 0. The second kappa shape index (κ2) is 4.79. The molecule has 0 aliphatic carbocycles. The van der Waals surface area contributed by atoms with Crippen molar-refractivity contribution < 1.29 is 4.39 Å². The number of fused-ring (bicyclic) bond motifs is 9. The molecule has 0 aliphatic heterocycles. The number of hydrogen-bond acceptors (Lipinski definition) is 1. The molecule has 4 aromatic carbocycles. The highest BCUT2D eigenvalue weighted by molar-refractivity contribution is 6.27. The summed E-state index contributed by atoms with van der Waals surface area (Å²) >= 11 is 0. The number of pyridine rings is 1. The highest BCUT2D eigenvalue weighted by atomic mass is 19.1. The van der Waals surface area contributed by atoms with Crippen LogP contribution in [0.4, 0.5) is 4.39 Å². The molecular formula is C23H13FN2. The van der Waals surface area contributed by atoms with E-state index in [1.807, 2.05) is 22.8 Å². The molecule has 6 rings (SSSR count). The van der Waals surface area contributed by atoms with Crippen LogP contribution in [-0.4, -0.2) is 9.61 Å². The molecular weight excluding hydrogens is 323 g/mol. The Kier molecular flexibility index (Phi) is 2.54. The van der Waals surface area contributed by atoms with E-state index in [0.717, 1.165) is 27.2 Å². The van der Waals surface area contributed by atoms with Gasteiger partial charge in [-0.3, -0.25) is 0 Å². The maximum atomic E-state index is 13.7. The smallest absolute Gasteiger partial charge is 0.123 e. The zero-order valence-corrected chi connectivity index (χ0v) is 13.8. The Morgan fingerprint density at radius 1 is 0.692 bits per heavy atom. The van der Waals surface area contributed by atoms with E-state index in [1.165, 1.54) is 27.6 Å². The molecule has 0 spiro atoms. The van der Waals surface area contributed by atoms with E-state index in [0.29, 0.717) is 0 Å². The van der Waals surface area contributed by atoms with Crippen LogP contribution in [0.5, 0.6) is 0 Å². The van der Waals surface area contributed by atoms with E-state index in [2.05, 4.69) is 48.5 Å². The summed E-state index contributed by atoms with van der Waals surface area (Å²) in [6, 6.07) is 23.8. The third-order valence-electron chi connectivity index (χ3n) is 5.23. The Balaban J connectivity index is 1.98. The van der Waals surface area contributed by atoms with Gasteiger partial charge < -0.3 is 0 Å². The minimum absolute atomic E-state index is 0.221. The van der Waals surface area contributed by atoms with E-state index in [-0.39, 0.29) is 5.82 Å². The SMILES string of the molecule is Fc1ccc2c(ccn3nc4ccc5ccc6ccccc6c5c4c23)c1. The molecule has 0 aliphatic rings. The first kappa shape index (κ1) is 13.8. The molecule has 26 heavy (non-hydrogen) atoms. The van der Waals surface area contributed by atoms with Crippen molar-refractivity contribution in [2.24, 2.45) is 0 Å². The van der Waals surface area contributed by atoms with Crippen LogP contribution in [0.3, 0.4) is 0 Å². The van der Waals surface area contributed by atoms with Gasteiger partial charge in [-0.15, -0.1) is 0 Å². The molecule has 0 amide bonds. The van der Waals surface area contributed by atoms with E-state index >= 15 is 0 Å². The average Bonchev–Trinajstić information content (AvgIpc) is 3.06. The van der Waals surface area contributed by atoms with E-state index in [4.69, 9.17) is 5.10 Å². The molecule has 2 nitrogen and oxygen atoms in total. The van der Waals surface area contributed by atoms with Gasteiger partial charge in [0.05, 0.1) is 11.0 Å². The van der Waals surface area contributed by atoms with Gasteiger partial charge >= 0.3 is 0 Å². The van der Waals surface area contributed by atoms with Crippen LogP contribution in [0.15, 0.2) is 79.0 Å². The van der Waals surface area contributed by atoms with Crippen molar-refractivity contribution in [1.82, 2.24) is 9.61 Å². The van der Waals surface area contributed by atoms with Crippen molar-refractivity contribution in [2.45, 2.75) is 0 Å². The lowest BCUT2D eigenvalue weighted by molar-refractivity contribution is 0.630. The lowest BCUT2D eigenvalue weighted by atomic mass is 9.97. The monoisotopic (exact) mass is 336 g/mol. The molecule has 0 unspecified atom stereocenters. The first-order valence-electron chi connectivity index (χ1n) is 8.60. The summed E-state index contributed by atoms with van der Waals surface area (Å²) in [6.45, 7) is 0. The number of nitrogens with zero attached hydrogens (tertiary/aromatic N) is 2. The van der Waals surface area contributed by atoms with E-state index in [1.54, 1.807) is 6.07 Å². The quantitative estimate of drug-likeness (QED) is 0.307. The van der Waals surface area contributed by atoms with Gasteiger partial charge in [0.15, 0.2) is 0 Å². The molecule has 122 valence electrons. The standard InChI is InChI=1S/C23H13FN2/c24-17-8-9-19-16(13-17)11-12-26-23(19)22-20(25-26)10-7-15-6-5-14-3-1-2-4-18(14)21(15)22/h1-13H. The molecule has 2 heterocycles. The first-order valence-corrected chi connectivity index (χ1v) is 8.60. The van der Waals surface area contributed by atoms with Crippen LogP contribution in [-0.2, 0) is 0 Å². The van der Waals surface area contributed by atoms with Gasteiger partial charge in [-0.1, -0.05) is 42.5 Å². The van der Waals surface area contributed by atoms with Crippen LogP contribution >= 0.6 is 0 Å². The Morgan fingerprint density at radius 3 is 2.50 bits per heavy atom. The molecule has 0 saturated carbocycles. The highest BCUT2D eigenvalue weighted by Gasteiger charge is 2.14. The van der Waals surface area contributed by atoms with Gasteiger partial charge in [0.2, 0.25) is 0 Å². The molecule has 0 N–H and O–H groups in total. The van der Waals surface area contributed by atoms with E-state index < -0.39 is 0 Å². The third kappa shape index (κ3) is 1.72. The number of halogens is 1. The fourth-order valence-corrected chi connectivity index (χ4v) is 4.09. The number of benzene rings is 4. The predicted molar refractivity (Wildman–Crippen MR) is 105 cm³/mol. The van der Waals surface area contributed by atoms with Gasteiger partial charge in [-0.25, -0.2) is 8.91 Å². The Bertz CT molecular complexity index is 1490. The van der Waals surface area contributed by atoms with Gasteiger partial charge in [0.25, 0.3) is 0 Å². The maximum Gasteiger partial charge on any atom is 0.123 e. The Hall–Kier alpha value is -3.46. The summed E-state index contributed by atoms with van der Waals surface area (Å²) in [5.74, 6) is -0.221. The predicted octanol–water partition coefficient (Wildman–Crippen LogP) is 6.09. The molecule has 0 bridgehead atoms. The lowest BCUT2D eigenvalue weighted by Crippen LogP contribution is -1.87. The average molecular weight is 336 g/mol. The van der Waals surface area contributed by atoms with Gasteiger partial charge in [0.1, 0.15) is 5.82 Å². The largest absolute Gasteiger partial charge is 0.239 e. The van der Waals surface area contributed by atoms with Crippen LogP contribution in [0.25, 0.3) is 48.7 Å². The van der Waals surface area contributed by atoms with E-state index in [9.17, 15) is 4.39 Å². The summed E-state index contributed by atoms with van der Waals surface area (Å²) in [5.41, 5.74) is 1.98. The number of rotatable bonds is 0. The highest BCUT2D eigenvalue weighted by Crippen LogP contribution is 2.36. The van der Waals surface area contributed by atoms with Crippen molar-refractivity contribution in [2.75, 3.05) is 0 Å². The topological polar surface area (TPSA) is 17.3 Å². The van der Waals surface area contributed by atoms with Crippen molar-refractivity contribution >= 4 is 48.7 Å². The van der Waals surface area contributed by atoms with Crippen molar-refractivity contribution in [3.05, 3.63) is 84.8 Å². The summed E-state index contributed by atoms with van der Waals surface area (Å²) in [5, 5.41) is 12.6. The van der Waals surface area contributed by atoms with Crippen molar-refractivity contribution in [3.63, 3.8) is 0 Å². The second-order valence-electron chi connectivity index (χ2n) is 6.68. The lowest BCUT2D eigenvalue weighted by Gasteiger charge is -2.07.